The molecule has 234 valence electrons. The lowest BCUT2D eigenvalue weighted by Gasteiger charge is -2.42. The summed E-state index contributed by atoms with van der Waals surface area (Å²) in [5, 5.41) is 11.4. The number of benzene rings is 1. The molecule has 10 heteroatoms. The van der Waals surface area contributed by atoms with E-state index in [2.05, 4.69) is 33.3 Å². The molecule has 1 saturated carbocycles. The van der Waals surface area contributed by atoms with Crippen LogP contribution >= 0.6 is 11.6 Å². The Bertz CT molecular complexity index is 1620. The number of aromatic hydroxyl groups is 1. The summed E-state index contributed by atoms with van der Waals surface area (Å²) in [6.45, 7) is 11.5. The molecular formula is C34H40ClF2N5O2. The minimum absolute atomic E-state index is 0.0413. The molecule has 5 heterocycles. The topological polar surface area (TPSA) is 74.6 Å². The van der Waals surface area contributed by atoms with E-state index in [9.17, 15) is 9.50 Å². The highest BCUT2D eigenvalue weighted by Gasteiger charge is 2.49. The zero-order chi connectivity index (χ0) is 30.8. The molecule has 44 heavy (non-hydrogen) atoms. The Balaban J connectivity index is 1.35. The first kappa shape index (κ1) is 29.7. The minimum atomic E-state index is -0.880. The number of likely N-dealkylation sites (tertiary alicyclic amines) is 1. The molecule has 2 atom stereocenters. The van der Waals surface area contributed by atoms with Crippen LogP contribution in [0.4, 0.5) is 8.78 Å². The Morgan fingerprint density at radius 2 is 1.95 bits per heavy atom. The van der Waals surface area contributed by atoms with E-state index in [4.69, 9.17) is 21.3 Å². The minimum Gasteiger partial charge on any atom is -0.508 e. The van der Waals surface area contributed by atoms with Crippen LogP contribution in [0.2, 0.25) is 5.02 Å². The number of phenolic OH excluding ortho intramolecular Hbond substituents is 1. The van der Waals surface area contributed by atoms with Gasteiger partial charge in [-0.15, -0.1) is 0 Å². The van der Waals surface area contributed by atoms with Crippen molar-refractivity contribution < 1.29 is 18.6 Å². The molecule has 0 unspecified atom stereocenters. The Labute approximate surface area is 262 Å². The zero-order valence-electron chi connectivity index (χ0n) is 25.5. The number of aromatic nitrogens is 3. The highest BCUT2D eigenvalue weighted by atomic mass is 35.5. The SMILES string of the molecule is C=C(C)N1CCC(CC)(c2nc(OC[C@@]34CCCN3C[C@H](F)C4)nc3c(F)c(-c4cc(O)cc(Cl)c4C4CC4)ncc23)CC1. The van der Waals surface area contributed by atoms with Gasteiger partial charge in [0.15, 0.2) is 5.82 Å². The Hall–Kier alpha value is -3.04. The first-order valence-corrected chi connectivity index (χ1v) is 16.3. The van der Waals surface area contributed by atoms with Gasteiger partial charge >= 0.3 is 6.01 Å². The molecule has 0 radical (unpaired) electrons. The number of alkyl halides is 1. The number of allylic oxidation sites excluding steroid dienone is 1. The molecule has 7 nitrogen and oxygen atoms in total. The standard InChI is InChI=1S/C34H40ClF2N5O2/c1-4-33(9-12-41(13-10-33)20(2)3)31-25-17-38-29(24-14-23(43)15-26(35)27(24)21-6-7-21)28(37)30(25)39-32(40-31)44-19-34-8-5-11-42(34)18-22(36)16-34/h14-15,17,21-22,43H,2,4-13,16,18-19H2,1,3H3/t22-,34+/m1/s1. The van der Waals surface area contributed by atoms with Crippen LogP contribution in [0.15, 0.2) is 30.6 Å². The summed E-state index contributed by atoms with van der Waals surface area (Å²) < 4.78 is 37.6. The van der Waals surface area contributed by atoms with E-state index in [1.165, 1.54) is 6.07 Å². The van der Waals surface area contributed by atoms with Crippen LogP contribution in [-0.2, 0) is 5.41 Å². The number of ether oxygens (including phenoxy) is 1. The highest BCUT2D eigenvalue weighted by Crippen LogP contribution is 2.50. The molecule has 7 rings (SSSR count). The molecule has 0 spiro atoms. The third-order valence-corrected chi connectivity index (χ3v) is 11.0. The van der Waals surface area contributed by atoms with Gasteiger partial charge in [-0.2, -0.15) is 9.97 Å². The second kappa shape index (κ2) is 11.1. The van der Waals surface area contributed by atoms with Crippen LogP contribution in [-0.4, -0.2) is 74.4 Å². The molecule has 3 saturated heterocycles. The highest BCUT2D eigenvalue weighted by molar-refractivity contribution is 6.32. The lowest BCUT2D eigenvalue weighted by Crippen LogP contribution is -2.44. The van der Waals surface area contributed by atoms with Crippen molar-refractivity contribution in [1.29, 1.82) is 0 Å². The van der Waals surface area contributed by atoms with E-state index >= 15 is 4.39 Å². The number of halogens is 3. The summed E-state index contributed by atoms with van der Waals surface area (Å²) in [5.74, 6) is -0.424. The lowest BCUT2D eigenvalue weighted by atomic mass is 9.72. The van der Waals surface area contributed by atoms with Crippen LogP contribution in [0, 0.1) is 5.82 Å². The van der Waals surface area contributed by atoms with Gasteiger partial charge in [-0.25, -0.2) is 8.78 Å². The van der Waals surface area contributed by atoms with Crippen LogP contribution in [0.25, 0.3) is 22.2 Å². The largest absolute Gasteiger partial charge is 0.508 e. The van der Waals surface area contributed by atoms with Crippen molar-refractivity contribution in [1.82, 2.24) is 24.8 Å². The lowest BCUT2D eigenvalue weighted by molar-refractivity contribution is 0.106. The van der Waals surface area contributed by atoms with E-state index < -0.39 is 12.0 Å². The number of phenols is 1. The number of fused-ring (bicyclic) bond motifs is 2. The van der Waals surface area contributed by atoms with Crippen molar-refractivity contribution in [2.75, 3.05) is 32.8 Å². The van der Waals surface area contributed by atoms with Gasteiger partial charge in [0.2, 0.25) is 0 Å². The zero-order valence-corrected chi connectivity index (χ0v) is 26.3. The van der Waals surface area contributed by atoms with Gasteiger partial charge in [0, 0.05) is 59.3 Å². The summed E-state index contributed by atoms with van der Waals surface area (Å²) in [4.78, 5) is 18.8. The van der Waals surface area contributed by atoms with Crippen molar-refractivity contribution in [3.05, 3.63) is 52.7 Å². The molecule has 4 fully saturated rings. The second-order valence-electron chi connectivity index (χ2n) is 13.4. The number of pyridine rings is 1. The summed E-state index contributed by atoms with van der Waals surface area (Å²) in [5.41, 5.74) is 2.60. The van der Waals surface area contributed by atoms with Crippen molar-refractivity contribution in [3.63, 3.8) is 0 Å². The van der Waals surface area contributed by atoms with E-state index in [0.29, 0.717) is 28.9 Å². The smallest absolute Gasteiger partial charge is 0.317 e. The fourth-order valence-corrected chi connectivity index (χ4v) is 8.37. The number of hydrogen-bond donors (Lipinski definition) is 1. The van der Waals surface area contributed by atoms with Crippen LogP contribution in [0.3, 0.4) is 0 Å². The monoisotopic (exact) mass is 623 g/mol. The molecule has 0 amide bonds. The average Bonchev–Trinajstić information content (AvgIpc) is 3.68. The second-order valence-corrected chi connectivity index (χ2v) is 13.8. The van der Waals surface area contributed by atoms with Gasteiger partial charge in [-0.05, 0) is 82.0 Å². The average molecular weight is 624 g/mol. The van der Waals surface area contributed by atoms with E-state index in [1.807, 2.05) is 6.92 Å². The van der Waals surface area contributed by atoms with Gasteiger partial charge in [-0.1, -0.05) is 25.1 Å². The van der Waals surface area contributed by atoms with Gasteiger partial charge < -0.3 is 14.7 Å². The quantitative estimate of drug-likeness (QED) is 0.282. The summed E-state index contributed by atoms with van der Waals surface area (Å²) in [6, 6.07) is 3.15. The Kier molecular flexibility index (Phi) is 7.47. The maximum atomic E-state index is 16.8. The maximum Gasteiger partial charge on any atom is 0.317 e. The number of nitrogens with zero attached hydrogens (tertiary/aromatic N) is 5. The molecule has 1 N–H and O–H groups in total. The Morgan fingerprint density at radius 3 is 2.66 bits per heavy atom. The molecule has 2 aromatic heterocycles. The van der Waals surface area contributed by atoms with Crippen molar-refractivity contribution in [2.24, 2.45) is 0 Å². The van der Waals surface area contributed by atoms with Crippen LogP contribution in [0.1, 0.15) is 82.4 Å². The number of piperidine rings is 1. The van der Waals surface area contributed by atoms with Gasteiger partial charge in [-0.3, -0.25) is 9.88 Å². The number of hydrogen-bond acceptors (Lipinski definition) is 7. The Morgan fingerprint density at radius 1 is 1.18 bits per heavy atom. The number of rotatable bonds is 8. The van der Waals surface area contributed by atoms with Gasteiger partial charge in [0.05, 0.1) is 11.2 Å². The first-order valence-electron chi connectivity index (χ1n) is 15.9. The third-order valence-electron chi connectivity index (χ3n) is 10.7. The van der Waals surface area contributed by atoms with Gasteiger partial charge in [0.25, 0.3) is 0 Å². The molecule has 1 aromatic carbocycles. The molecule has 3 aliphatic heterocycles. The molecule has 0 bridgehead atoms. The van der Waals surface area contributed by atoms with Crippen molar-refractivity contribution in [3.8, 4) is 23.0 Å². The predicted octanol–water partition coefficient (Wildman–Crippen LogP) is 7.30. The third kappa shape index (κ3) is 5.00. The van der Waals surface area contributed by atoms with Crippen LogP contribution < -0.4 is 4.74 Å². The van der Waals surface area contributed by atoms with Crippen LogP contribution in [0.5, 0.6) is 11.8 Å². The summed E-state index contributed by atoms with van der Waals surface area (Å²) >= 11 is 6.57. The molecule has 1 aliphatic carbocycles. The molecular weight excluding hydrogens is 584 g/mol. The maximum absolute atomic E-state index is 16.8. The normalized spacial score (nSPS) is 25.0. The van der Waals surface area contributed by atoms with E-state index in [0.717, 1.165) is 81.5 Å². The first-order chi connectivity index (χ1) is 21.1. The molecule has 3 aromatic rings. The van der Waals surface area contributed by atoms with E-state index in [-0.39, 0.29) is 46.4 Å². The summed E-state index contributed by atoms with van der Waals surface area (Å²) in [6.07, 6.45) is 7.42. The van der Waals surface area contributed by atoms with Crippen molar-refractivity contribution >= 4 is 22.5 Å². The predicted molar refractivity (Wildman–Crippen MR) is 168 cm³/mol. The fraction of sp³-hybridized carbons (Fsp3) is 0.559. The summed E-state index contributed by atoms with van der Waals surface area (Å²) in [7, 11) is 0. The van der Waals surface area contributed by atoms with Gasteiger partial charge in [0.1, 0.15) is 29.7 Å². The van der Waals surface area contributed by atoms with Crippen molar-refractivity contribution in [2.45, 2.75) is 88.3 Å². The molecule has 4 aliphatic rings. The van der Waals surface area contributed by atoms with E-state index in [1.54, 1.807) is 12.3 Å². The fourth-order valence-electron chi connectivity index (χ4n) is 8.00.